The molecular formula is C16H25NO2. The number of nitrogens with one attached hydrogen (secondary N) is 1. The van der Waals surface area contributed by atoms with Gasteiger partial charge in [0.15, 0.2) is 0 Å². The van der Waals surface area contributed by atoms with Crippen molar-refractivity contribution in [3.63, 3.8) is 0 Å². The van der Waals surface area contributed by atoms with E-state index in [1.165, 1.54) is 5.56 Å². The third kappa shape index (κ3) is 3.35. The lowest BCUT2D eigenvalue weighted by Gasteiger charge is -2.41. The van der Waals surface area contributed by atoms with Gasteiger partial charge in [-0.2, -0.15) is 0 Å². The van der Waals surface area contributed by atoms with Crippen LogP contribution in [0.15, 0.2) is 24.3 Å². The predicted octanol–water partition coefficient (Wildman–Crippen LogP) is 2.35. The van der Waals surface area contributed by atoms with Crippen LogP contribution in [0.3, 0.4) is 0 Å². The molecule has 2 rings (SSSR count). The van der Waals surface area contributed by atoms with Crippen molar-refractivity contribution >= 4 is 0 Å². The molecule has 3 nitrogen and oxygen atoms in total. The molecule has 0 saturated heterocycles. The molecule has 0 aliphatic heterocycles. The zero-order valence-corrected chi connectivity index (χ0v) is 11.9. The third-order valence-corrected chi connectivity index (χ3v) is 4.27. The highest BCUT2D eigenvalue weighted by molar-refractivity contribution is 5.26. The Hall–Kier alpha value is -0.900. The number of aliphatic hydroxyl groups is 2. The zero-order valence-electron chi connectivity index (χ0n) is 11.9. The first-order chi connectivity index (χ1) is 9.06. The minimum Gasteiger partial charge on any atom is -0.394 e. The number of rotatable bonds is 6. The molecule has 0 heterocycles. The van der Waals surface area contributed by atoms with Gasteiger partial charge in [-0.25, -0.2) is 0 Å². The second-order valence-corrected chi connectivity index (χ2v) is 6.01. The first-order valence-electron chi connectivity index (χ1n) is 7.20. The van der Waals surface area contributed by atoms with Crippen molar-refractivity contribution in [2.24, 2.45) is 0 Å². The van der Waals surface area contributed by atoms with Gasteiger partial charge in [-0.15, -0.1) is 0 Å². The van der Waals surface area contributed by atoms with Crippen molar-refractivity contribution in [1.82, 2.24) is 5.32 Å². The standard InChI is InChI=1S/C16H25NO2/c1-12(2)13-4-6-14(7-5-13)15(19)10-17-16(11-18)8-3-9-16/h4-7,12,15,17-19H,3,8-11H2,1-2H3. The number of β-amino-alcohol motifs (C(OH)–C–C–N with tert-alkyl or cyclic N) is 1. The predicted molar refractivity (Wildman–Crippen MR) is 77.2 cm³/mol. The molecule has 3 heteroatoms. The fourth-order valence-corrected chi connectivity index (χ4v) is 2.53. The van der Waals surface area contributed by atoms with Crippen LogP contribution in [0.25, 0.3) is 0 Å². The summed E-state index contributed by atoms with van der Waals surface area (Å²) < 4.78 is 0. The van der Waals surface area contributed by atoms with Crippen LogP contribution in [0.5, 0.6) is 0 Å². The first kappa shape index (κ1) is 14.5. The van der Waals surface area contributed by atoms with Crippen molar-refractivity contribution in [2.75, 3.05) is 13.2 Å². The molecule has 1 fully saturated rings. The molecule has 1 atom stereocenters. The van der Waals surface area contributed by atoms with Crippen molar-refractivity contribution in [3.05, 3.63) is 35.4 Å². The molecule has 0 aromatic heterocycles. The van der Waals surface area contributed by atoms with Gasteiger partial charge in [-0.05, 0) is 36.3 Å². The third-order valence-electron chi connectivity index (χ3n) is 4.27. The van der Waals surface area contributed by atoms with E-state index >= 15 is 0 Å². The Morgan fingerprint density at radius 2 is 1.74 bits per heavy atom. The van der Waals surface area contributed by atoms with E-state index in [-0.39, 0.29) is 12.1 Å². The molecule has 1 aromatic carbocycles. The average molecular weight is 263 g/mol. The van der Waals surface area contributed by atoms with Gasteiger partial charge in [0.1, 0.15) is 0 Å². The molecule has 1 unspecified atom stereocenters. The molecule has 3 N–H and O–H groups in total. The highest BCUT2D eigenvalue weighted by Gasteiger charge is 2.36. The number of aliphatic hydroxyl groups excluding tert-OH is 2. The maximum Gasteiger partial charge on any atom is 0.0914 e. The molecule has 0 amide bonds. The van der Waals surface area contributed by atoms with Gasteiger partial charge in [-0.3, -0.25) is 0 Å². The van der Waals surface area contributed by atoms with Crippen LogP contribution in [0, 0.1) is 0 Å². The lowest BCUT2D eigenvalue weighted by atomic mass is 9.77. The topological polar surface area (TPSA) is 52.5 Å². The van der Waals surface area contributed by atoms with Crippen molar-refractivity contribution in [1.29, 1.82) is 0 Å². The Morgan fingerprint density at radius 3 is 2.16 bits per heavy atom. The van der Waals surface area contributed by atoms with Crippen LogP contribution in [-0.4, -0.2) is 28.9 Å². The van der Waals surface area contributed by atoms with Gasteiger partial charge in [0.25, 0.3) is 0 Å². The summed E-state index contributed by atoms with van der Waals surface area (Å²) in [6.07, 6.45) is 2.66. The molecule has 1 aliphatic rings. The van der Waals surface area contributed by atoms with Gasteiger partial charge < -0.3 is 15.5 Å². The van der Waals surface area contributed by atoms with Gasteiger partial charge in [0.05, 0.1) is 12.7 Å². The Bertz CT molecular complexity index is 390. The summed E-state index contributed by atoms with van der Waals surface area (Å²) in [7, 11) is 0. The fraction of sp³-hybridized carbons (Fsp3) is 0.625. The normalized spacial score (nSPS) is 19.2. The van der Waals surface area contributed by atoms with Crippen molar-refractivity contribution in [2.45, 2.75) is 50.7 Å². The number of hydrogen-bond acceptors (Lipinski definition) is 3. The molecule has 0 bridgehead atoms. The number of hydrogen-bond donors (Lipinski definition) is 3. The highest BCUT2D eigenvalue weighted by Crippen LogP contribution is 2.31. The van der Waals surface area contributed by atoms with Crippen LogP contribution in [0.4, 0.5) is 0 Å². The highest BCUT2D eigenvalue weighted by atomic mass is 16.3. The van der Waals surface area contributed by atoms with Crippen LogP contribution in [-0.2, 0) is 0 Å². The van der Waals surface area contributed by atoms with E-state index in [1.807, 2.05) is 12.1 Å². The summed E-state index contributed by atoms with van der Waals surface area (Å²) >= 11 is 0. The molecule has 1 saturated carbocycles. The Kier molecular flexibility index (Phi) is 4.61. The van der Waals surface area contributed by atoms with Gasteiger partial charge >= 0.3 is 0 Å². The monoisotopic (exact) mass is 263 g/mol. The van der Waals surface area contributed by atoms with Gasteiger partial charge in [0.2, 0.25) is 0 Å². The zero-order chi connectivity index (χ0) is 13.9. The van der Waals surface area contributed by atoms with E-state index in [2.05, 4.69) is 31.3 Å². The molecule has 0 spiro atoms. The summed E-state index contributed by atoms with van der Waals surface area (Å²) in [6, 6.07) is 8.14. The van der Waals surface area contributed by atoms with E-state index < -0.39 is 6.10 Å². The average Bonchev–Trinajstić information content (AvgIpc) is 2.38. The largest absolute Gasteiger partial charge is 0.394 e. The molecule has 0 radical (unpaired) electrons. The number of benzene rings is 1. The summed E-state index contributed by atoms with van der Waals surface area (Å²) in [6.45, 7) is 4.98. The Morgan fingerprint density at radius 1 is 1.16 bits per heavy atom. The summed E-state index contributed by atoms with van der Waals surface area (Å²) in [5.74, 6) is 0.511. The SMILES string of the molecule is CC(C)c1ccc(C(O)CNC2(CO)CCC2)cc1. The molecular weight excluding hydrogens is 238 g/mol. The molecule has 106 valence electrons. The van der Waals surface area contributed by atoms with E-state index in [9.17, 15) is 10.2 Å². The maximum absolute atomic E-state index is 10.2. The second kappa shape index (κ2) is 6.04. The Balaban J connectivity index is 1.90. The summed E-state index contributed by atoms with van der Waals surface area (Å²) in [5.41, 5.74) is 2.08. The van der Waals surface area contributed by atoms with E-state index in [0.29, 0.717) is 12.5 Å². The van der Waals surface area contributed by atoms with Crippen molar-refractivity contribution < 1.29 is 10.2 Å². The lowest BCUT2D eigenvalue weighted by molar-refractivity contribution is 0.0687. The van der Waals surface area contributed by atoms with Crippen LogP contribution < -0.4 is 5.32 Å². The first-order valence-corrected chi connectivity index (χ1v) is 7.20. The van der Waals surface area contributed by atoms with Crippen LogP contribution in [0.1, 0.15) is 56.3 Å². The van der Waals surface area contributed by atoms with Crippen molar-refractivity contribution in [3.8, 4) is 0 Å². The van der Waals surface area contributed by atoms with Gasteiger partial charge in [-0.1, -0.05) is 38.1 Å². The van der Waals surface area contributed by atoms with E-state index in [4.69, 9.17) is 0 Å². The second-order valence-electron chi connectivity index (χ2n) is 6.01. The lowest BCUT2D eigenvalue weighted by Crippen LogP contribution is -2.54. The quantitative estimate of drug-likeness (QED) is 0.738. The van der Waals surface area contributed by atoms with Gasteiger partial charge in [0, 0.05) is 12.1 Å². The smallest absolute Gasteiger partial charge is 0.0914 e. The molecule has 1 aromatic rings. The summed E-state index contributed by atoms with van der Waals surface area (Å²) in [5, 5.41) is 22.9. The fourth-order valence-electron chi connectivity index (χ4n) is 2.53. The molecule has 1 aliphatic carbocycles. The van der Waals surface area contributed by atoms with Crippen LogP contribution in [0.2, 0.25) is 0 Å². The van der Waals surface area contributed by atoms with E-state index in [1.54, 1.807) is 0 Å². The minimum atomic E-state index is -0.509. The maximum atomic E-state index is 10.2. The van der Waals surface area contributed by atoms with Crippen LogP contribution >= 0.6 is 0 Å². The molecule has 19 heavy (non-hydrogen) atoms. The Labute approximate surface area is 115 Å². The summed E-state index contributed by atoms with van der Waals surface area (Å²) in [4.78, 5) is 0. The minimum absolute atomic E-state index is 0.140. The van der Waals surface area contributed by atoms with E-state index in [0.717, 1.165) is 24.8 Å².